The van der Waals surface area contributed by atoms with Gasteiger partial charge in [-0.3, -0.25) is 0 Å². The van der Waals surface area contributed by atoms with Crippen LogP contribution < -0.4 is 0 Å². The van der Waals surface area contributed by atoms with E-state index < -0.39 is 8.07 Å². The summed E-state index contributed by atoms with van der Waals surface area (Å²) in [6, 6.07) is 2.73. The number of hydrogen-bond acceptors (Lipinski definition) is 1. The van der Waals surface area contributed by atoms with Crippen LogP contribution in [0, 0.1) is 0 Å². The number of nitrogens with zero attached hydrogens (tertiary/aromatic N) is 1. The minimum atomic E-state index is -1.22. The van der Waals surface area contributed by atoms with Gasteiger partial charge in [-0.1, -0.05) is 77.3 Å². The smallest absolute Gasteiger partial charge is 0.0910 e. The molecule has 0 aromatic carbocycles. The van der Waals surface area contributed by atoms with E-state index in [4.69, 9.17) is 0 Å². The SMILES string of the molecule is C=C[Si](CC)(CC)CN1CCCCCCCCCCCC1. The van der Waals surface area contributed by atoms with Gasteiger partial charge in [-0.05, 0) is 32.1 Å². The Morgan fingerprint density at radius 1 is 0.762 bits per heavy atom. The highest BCUT2D eigenvalue weighted by Crippen LogP contribution is 2.20. The summed E-state index contributed by atoms with van der Waals surface area (Å²) >= 11 is 0. The number of rotatable bonds is 5. The molecule has 0 spiro atoms. The predicted molar refractivity (Wildman–Crippen MR) is 99.5 cm³/mol. The molecular weight excluding hydrogens is 270 g/mol. The van der Waals surface area contributed by atoms with E-state index >= 15 is 0 Å². The molecule has 1 aliphatic rings. The van der Waals surface area contributed by atoms with Crippen LogP contribution in [0.4, 0.5) is 0 Å². The third-order valence-corrected chi connectivity index (χ3v) is 10.3. The Morgan fingerprint density at radius 3 is 1.48 bits per heavy atom. The highest BCUT2D eigenvalue weighted by molar-refractivity contribution is 6.84. The van der Waals surface area contributed by atoms with Crippen molar-refractivity contribution in [2.24, 2.45) is 0 Å². The van der Waals surface area contributed by atoms with Crippen molar-refractivity contribution in [3.8, 4) is 0 Å². The minimum absolute atomic E-state index is 1.22. The van der Waals surface area contributed by atoms with Crippen molar-refractivity contribution >= 4 is 8.07 Å². The summed E-state index contributed by atoms with van der Waals surface area (Å²) in [5.74, 6) is 0. The maximum Gasteiger partial charge on any atom is 0.0910 e. The van der Waals surface area contributed by atoms with Crippen molar-refractivity contribution in [3.05, 3.63) is 12.3 Å². The molecule has 2 heteroatoms. The van der Waals surface area contributed by atoms with Crippen LogP contribution in [0.1, 0.15) is 78.1 Å². The summed E-state index contributed by atoms with van der Waals surface area (Å²) in [6.07, 6.45) is 15.9. The summed E-state index contributed by atoms with van der Waals surface area (Å²) in [5, 5.41) is 0. The van der Waals surface area contributed by atoms with Gasteiger partial charge in [0, 0.05) is 0 Å². The fraction of sp³-hybridized carbons (Fsp3) is 0.895. The van der Waals surface area contributed by atoms with Crippen LogP contribution in [0.25, 0.3) is 0 Å². The lowest BCUT2D eigenvalue weighted by atomic mass is 10.1. The third kappa shape index (κ3) is 7.65. The van der Waals surface area contributed by atoms with Crippen molar-refractivity contribution in [3.63, 3.8) is 0 Å². The summed E-state index contributed by atoms with van der Waals surface area (Å²) < 4.78 is 0. The highest BCUT2D eigenvalue weighted by atomic mass is 28.3. The molecule has 1 nitrogen and oxygen atoms in total. The van der Waals surface area contributed by atoms with Crippen LogP contribution in [0.15, 0.2) is 12.3 Å². The molecule has 0 unspecified atom stereocenters. The second-order valence-electron chi connectivity index (χ2n) is 7.09. The normalized spacial score (nSPS) is 21.0. The van der Waals surface area contributed by atoms with E-state index in [1.807, 2.05) is 0 Å². The van der Waals surface area contributed by atoms with Crippen molar-refractivity contribution in [1.29, 1.82) is 0 Å². The molecule has 0 radical (unpaired) electrons. The molecule has 1 fully saturated rings. The zero-order valence-electron chi connectivity index (χ0n) is 14.8. The average Bonchev–Trinajstić information content (AvgIpc) is 2.55. The second kappa shape index (κ2) is 11.5. The van der Waals surface area contributed by atoms with Crippen LogP contribution >= 0.6 is 0 Å². The van der Waals surface area contributed by atoms with Gasteiger partial charge in [-0.2, -0.15) is 0 Å². The largest absolute Gasteiger partial charge is 0.306 e. The minimum Gasteiger partial charge on any atom is -0.306 e. The maximum atomic E-state index is 4.19. The van der Waals surface area contributed by atoms with E-state index in [1.54, 1.807) is 0 Å². The zero-order valence-corrected chi connectivity index (χ0v) is 15.8. The molecule has 21 heavy (non-hydrogen) atoms. The Balaban J connectivity index is 2.51. The second-order valence-corrected chi connectivity index (χ2v) is 11.9. The summed E-state index contributed by atoms with van der Waals surface area (Å²) in [4.78, 5) is 2.80. The van der Waals surface area contributed by atoms with E-state index in [0.717, 1.165) is 0 Å². The van der Waals surface area contributed by atoms with E-state index in [0.29, 0.717) is 0 Å². The molecule has 0 saturated carbocycles. The van der Waals surface area contributed by atoms with Gasteiger partial charge in [-0.15, -0.1) is 12.3 Å². The van der Waals surface area contributed by atoms with Gasteiger partial charge in [-0.25, -0.2) is 0 Å². The lowest BCUT2D eigenvalue weighted by molar-refractivity contribution is 0.295. The van der Waals surface area contributed by atoms with E-state index in [2.05, 4.69) is 31.0 Å². The molecule has 1 rings (SSSR count). The fourth-order valence-electron chi connectivity index (χ4n) is 3.63. The Bertz CT molecular complexity index is 246. The van der Waals surface area contributed by atoms with Crippen molar-refractivity contribution in [1.82, 2.24) is 4.90 Å². The zero-order chi connectivity index (χ0) is 15.4. The molecule has 124 valence electrons. The van der Waals surface area contributed by atoms with Crippen LogP contribution in [0.2, 0.25) is 12.1 Å². The van der Waals surface area contributed by atoms with Gasteiger partial charge >= 0.3 is 0 Å². The standard InChI is InChI=1S/C19H39NSi/c1-4-21(5-2,6-3)19-20-17-15-13-11-9-7-8-10-12-14-16-18-20/h4H,1,5-19H2,2-3H3. The van der Waals surface area contributed by atoms with Crippen molar-refractivity contribution < 1.29 is 0 Å². The quantitative estimate of drug-likeness (QED) is 0.567. The number of hydrogen-bond donors (Lipinski definition) is 0. The molecule has 0 aliphatic carbocycles. The van der Waals surface area contributed by atoms with Gasteiger partial charge in [0.1, 0.15) is 0 Å². The first-order chi connectivity index (χ1) is 10.3. The first kappa shape index (κ1) is 19.0. The molecule has 0 aromatic rings. The van der Waals surface area contributed by atoms with E-state index in [-0.39, 0.29) is 0 Å². The molecule has 1 saturated heterocycles. The van der Waals surface area contributed by atoms with Gasteiger partial charge in [0.25, 0.3) is 0 Å². The van der Waals surface area contributed by atoms with Gasteiger partial charge in [0.15, 0.2) is 0 Å². The summed E-state index contributed by atoms with van der Waals surface area (Å²) in [6.45, 7) is 11.6. The molecular formula is C19H39NSi. The topological polar surface area (TPSA) is 3.24 Å². The molecule has 1 aliphatic heterocycles. The van der Waals surface area contributed by atoms with Crippen LogP contribution in [0.5, 0.6) is 0 Å². The van der Waals surface area contributed by atoms with E-state index in [9.17, 15) is 0 Å². The van der Waals surface area contributed by atoms with Gasteiger partial charge in [0.2, 0.25) is 0 Å². The summed E-state index contributed by atoms with van der Waals surface area (Å²) in [5.41, 5.74) is 2.37. The lowest BCUT2D eigenvalue weighted by Crippen LogP contribution is -2.46. The van der Waals surface area contributed by atoms with Gasteiger partial charge < -0.3 is 4.90 Å². The fourth-order valence-corrected chi connectivity index (χ4v) is 6.49. The van der Waals surface area contributed by atoms with Crippen LogP contribution in [-0.4, -0.2) is 32.2 Å². The molecule has 0 atom stereocenters. The Morgan fingerprint density at radius 2 is 1.14 bits per heavy atom. The Kier molecular flexibility index (Phi) is 10.4. The molecule has 0 aromatic heterocycles. The Labute approximate surface area is 135 Å². The molecule has 1 heterocycles. The lowest BCUT2D eigenvalue weighted by Gasteiger charge is -2.33. The van der Waals surface area contributed by atoms with Crippen molar-refractivity contribution in [2.45, 2.75) is 90.1 Å². The predicted octanol–water partition coefficient (Wildman–Crippen LogP) is 5.96. The first-order valence-electron chi connectivity index (χ1n) is 9.62. The molecule has 0 N–H and O–H groups in total. The first-order valence-corrected chi connectivity index (χ1v) is 12.3. The highest BCUT2D eigenvalue weighted by Gasteiger charge is 2.27. The maximum absolute atomic E-state index is 4.19. The van der Waals surface area contributed by atoms with Crippen LogP contribution in [-0.2, 0) is 0 Å². The Hall–Kier alpha value is -0.0831. The van der Waals surface area contributed by atoms with E-state index in [1.165, 1.54) is 95.6 Å². The summed E-state index contributed by atoms with van der Waals surface area (Å²) in [7, 11) is -1.22. The van der Waals surface area contributed by atoms with Crippen LogP contribution in [0.3, 0.4) is 0 Å². The third-order valence-electron chi connectivity index (χ3n) is 5.58. The van der Waals surface area contributed by atoms with Gasteiger partial charge in [0.05, 0.1) is 8.07 Å². The molecule has 0 amide bonds. The monoisotopic (exact) mass is 309 g/mol. The van der Waals surface area contributed by atoms with Crippen molar-refractivity contribution in [2.75, 3.05) is 19.3 Å². The molecule has 0 bridgehead atoms. The average molecular weight is 310 g/mol.